The van der Waals surface area contributed by atoms with Gasteiger partial charge in [0, 0.05) is 5.02 Å². The smallest absolute Gasteiger partial charge is 0.127 e. The van der Waals surface area contributed by atoms with E-state index in [-0.39, 0.29) is 5.54 Å². The van der Waals surface area contributed by atoms with Crippen molar-refractivity contribution in [1.29, 1.82) is 0 Å². The second-order valence-electron chi connectivity index (χ2n) is 6.40. The lowest BCUT2D eigenvalue weighted by Gasteiger charge is -2.44. The third-order valence-corrected chi connectivity index (χ3v) is 6.28. The van der Waals surface area contributed by atoms with Crippen molar-refractivity contribution in [2.75, 3.05) is 22.1 Å². The standard InChI is InChI=1S/C19H19Cl2N3S/c20-14-4-1-3-13(11-14)12-22-18-19(7-9-25-10-8-19)24-17-15(21)5-2-6-16(17)23-18/h1-6,11,24H,7-10,12H2,(H,22,23). The van der Waals surface area contributed by atoms with Crippen LogP contribution in [0.4, 0.5) is 11.4 Å². The summed E-state index contributed by atoms with van der Waals surface area (Å²) in [5.41, 5.74) is 2.92. The van der Waals surface area contributed by atoms with Gasteiger partial charge in [-0.25, -0.2) is 0 Å². The first-order chi connectivity index (χ1) is 12.2. The molecule has 0 unspecified atom stereocenters. The summed E-state index contributed by atoms with van der Waals surface area (Å²) in [4.78, 5) is 4.93. The Hall–Kier alpha value is -1.36. The highest BCUT2D eigenvalue weighted by atomic mass is 35.5. The normalized spacial score (nSPS) is 20.0. The number of rotatable bonds is 2. The van der Waals surface area contributed by atoms with Crippen LogP contribution in [-0.2, 0) is 6.54 Å². The summed E-state index contributed by atoms with van der Waals surface area (Å²) in [6.45, 7) is 0.607. The molecule has 0 aliphatic carbocycles. The molecule has 2 aliphatic rings. The van der Waals surface area contributed by atoms with Crippen LogP contribution in [0.3, 0.4) is 0 Å². The van der Waals surface area contributed by atoms with Crippen molar-refractivity contribution < 1.29 is 0 Å². The SMILES string of the molecule is Clc1cccc(CN=C2Nc3cccc(Cl)c3NC23CCSCC3)c1. The Bertz CT molecular complexity index is 816. The average molecular weight is 392 g/mol. The van der Waals surface area contributed by atoms with Crippen molar-refractivity contribution in [3.05, 3.63) is 58.1 Å². The number of hydrogen-bond acceptors (Lipinski definition) is 3. The van der Waals surface area contributed by atoms with Gasteiger partial charge in [0.1, 0.15) is 5.84 Å². The molecule has 2 aromatic rings. The molecule has 1 fully saturated rings. The van der Waals surface area contributed by atoms with Crippen molar-refractivity contribution in [2.24, 2.45) is 4.99 Å². The molecule has 0 aromatic heterocycles. The van der Waals surface area contributed by atoms with E-state index in [1.807, 2.05) is 48.2 Å². The number of nitrogens with zero attached hydrogens (tertiary/aromatic N) is 1. The van der Waals surface area contributed by atoms with Crippen LogP contribution in [-0.4, -0.2) is 22.9 Å². The van der Waals surface area contributed by atoms with Gasteiger partial charge < -0.3 is 10.6 Å². The third-order valence-electron chi connectivity index (χ3n) is 4.74. The number of halogens is 2. The fourth-order valence-electron chi connectivity index (χ4n) is 3.38. The van der Waals surface area contributed by atoms with Gasteiger partial charge in [-0.05, 0) is 54.2 Å². The Balaban J connectivity index is 1.69. The number of para-hydroxylation sites is 1. The molecule has 4 rings (SSSR count). The Morgan fingerprint density at radius 3 is 2.68 bits per heavy atom. The molecule has 1 saturated heterocycles. The Morgan fingerprint density at radius 2 is 1.88 bits per heavy atom. The summed E-state index contributed by atoms with van der Waals surface area (Å²) in [5, 5.41) is 8.75. The first-order valence-corrected chi connectivity index (χ1v) is 10.3. The number of anilines is 2. The molecule has 25 heavy (non-hydrogen) atoms. The molecule has 0 bridgehead atoms. The van der Waals surface area contributed by atoms with E-state index in [9.17, 15) is 0 Å². The fraction of sp³-hybridized carbons (Fsp3) is 0.316. The zero-order valence-corrected chi connectivity index (χ0v) is 16.0. The van der Waals surface area contributed by atoms with Crippen LogP contribution in [0.15, 0.2) is 47.5 Å². The Kier molecular flexibility index (Phi) is 4.85. The van der Waals surface area contributed by atoms with Crippen LogP contribution >= 0.6 is 35.0 Å². The van der Waals surface area contributed by atoms with Gasteiger partial charge in [0.25, 0.3) is 0 Å². The monoisotopic (exact) mass is 391 g/mol. The summed E-state index contributed by atoms with van der Waals surface area (Å²) in [6.07, 6.45) is 2.06. The predicted octanol–water partition coefficient (Wildman–Crippen LogP) is 5.70. The van der Waals surface area contributed by atoms with E-state index < -0.39 is 0 Å². The van der Waals surface area contributed by atoms with Crippen LogP contribution in [0, 0.1) is 0 Å². The summed E-state index contributed by atoms with van der Waals surface area (Å²) in [6, 6.07) is 13.8. The van der Waals surface area contributed by atoms with Crippen molar-refractivity contribution in [3.8, 4) is 0 Å². The topological polar surface area (TPSA) is 36.4 Å². The van der Waals surface area contributed by atoms with Crippen molar-refractivity contribution in [1.82, 2.24) is 0 Å². The van der Waals surface area contributed by atoms with E-state index in [1.54, 1.807) is 0 Å². The summed E-state index contributed by atoms with van der Waals surface area (Å²) < 4.78 is 0. The van der Waals surface area contributed by atoms with E-state index in [1.165, 1.54) is 0 Å². The number of aliphatic imine (C=N–C) groups is 1. The maximum absolute atomic E-state index is 6.42. The van der Waals surface area contributed by atoms with Gasteiger partial charge in [-0.2, -0.15) is 11.8 Å². The highest BCUT2D eigenvalue weighted by molar-refractivity contribution is 7.99. The minimum atomic E-state index is -0.165. The zero-order chi connectivity index (χ0) is 17.3. The molecule has 130 valence electrons. The maximum atomic E-state index is 6.42. The number of thioether (sulfide) groups is 1. The number of nitrogens with one attached hydrogen (secondary N) is 2. The summed E-state index contributed by atoms with van der Waals surface area (Å²) in [5.74, 6) is 3.23. The first kappa shape index (κ1) is 17.1. The van der Waals surface area contributed by atoms with E-state index in [0.29, 0.717) is 6.54 Å². The van der Waals surface area contributed by atoms with Gasteiger partial charge in [-0.3, -0.25) is 4.99 Å². The number of amidine groups is 1. The summed E-state index contributed by atoms with van der Waals surface area (Å²) >= 11 is 14.5. The molecule has 6 heteroatoms. The number of fused-ring (bicyclic) bond motifs is 1. The largest absolute Gasteiger partial charge is 0.370 e. The Labute approximate surface area is 162 Å². The lowest BCUT2D eigenvalue weighted by Crippen LogP contribution is -2.54. The van der Waals surface area contributed by atoms with Crippen LogP contribution in [0.5, 0.6) is 0 Å². The minimum absolute atomic E-state index is 0.165. The second kappa shape index (κ2) is 7.10. The van der Waals surface area contributed by atoms with E-state index in [2.05, 4.69) is 16.7 Å². The van der Waals surface area contributed by atoms with Crippen LogP contribution in [0.2, 0.25) is 10.0 Å². The van der Waals surface area contributed by atoms with Gasteiger partial charge in [-0.15, -0.1) is 0 Å². The van der Waals surface area contributed by atoms with Gasteiger partial charge in [0.15, 0.2) is 0 Å². The molecule has 2 N–H and O–H groups in total. The Morgan fingerprint density at radius 1 is 1.08 bits per heavy atom. The molecule has 0 amide bonds. The third kappa shape index (κ3) is 3.48. The van der Waals surface area contributed by atoms with Crippen LogP contribution in [0.25, 0.3) is 0 Å². The highest BCUT2D eigenvalue weighted by Gasteiger charge is 2.41. The summed E-state index contributed by atoms with van der Waals surface area (Å²) in [7, 11) is 0. The van der Waals surface area contributed by atoms with Crippen LogP contribution < -0.4 is 10.6 Å². The van der Waals surface area contributed by atoms with Crippen molar-refractivity contribution >= 4 is 52.2 Å². The number of benzene rings is 2. The molecular formula is C19H19Cl2N3S. The van der Waals surface area contributed by atoms with Gasteiger partial charge >= 0.3 is 0 Å². The van der Waals surface area contributed by atoms with E-state index in [0.717, 1.165) is 57.2 Å². The maximum Gasteiger partial charge on any atom is 0.127 e. The minimum Gasteiger partial charge on any atom is -0.370 e. The fourth-order valence-corrected chi connectivity index (χ4v) is 5.00. The molecule has 3 nitrogen and oxygen atoms in total. The molecular weight excluding hydrogens is 373 g/mol. The molecule has 0 saturated carbocycles. The molecule has 0 atom stereocenters. The predicted molar refractivity (Wildman–Crippen MR) is 111 cm³/mol. The van der Waals surface area contributed by atoms with E-state index in [4.69, 9.17) is 28.2 Å². The highest BCUT2D eigenvalue weighted by Crippen LogP contribution is 2.42. The lowest BCUT2D eigenvalue weighted by molar-refractivity contribution is 0.560. The van der Waals surface area contributed by atoms with Gasteiger partial charge in [-0.1, -0.05) is 41.4 Å². The van der Waals surface area contributed by atoms with Crippen molar-refractivity contribution in [3.63, 3.8) is 0 Å². The lowest BCUT2D eigenvalue weighted by atomic mass is 9.87. The zero-order valence-electron chi connectivity index (χ0n) is 13.7. The first-order valence-electron chi connectivity index (χ1n) is 8.37. The molecule has 2 heterocycles. The molecule has 0 radical (unpaired) electrons. The average Bonchev–Trinajstić information content (AvgIpc) is 2.62. The molecule has 2 aromatic carbocycles. The van der Waals surface area contributed by atoms with Gasteiger partial charge in [0.05, 0.1) is 28.5 Å². The number of hydrogen-bond donors (Lipinski definition) is 2. The quantitative estimate of drug-likeness (QED) is 0.689. The molecule has 1 spiro atoms. The van der Waals surface area contributed by atoms with Crippen molar-refractivity contribution in [2.45, 2.75) is 24.9 Å². The van der Waals surface area contributed by atoms with E-state index >= 15 is 0 Å². The second-order valence-corrected chi connectivity index (χ2v) is 8.47. The van der Waals surface area contributed by atoms with Gasteiger partial charge in [0.2, 0.25) is 0 Å². The molecule has 2 aliphatic heterocycles. The van der Waals surface area contributed by atoms with Crippen LogP contribution in [0.1, 0.15) is 18.4 Å².